The summed E-state index contributed by atoms with van der Waals surface area (Å²) in [6.45, 7) is 2.68. The molecule has 0 radical (unpaired) electrons. The summed E-state index contributed by atoms with van der Waals surface area (Å²) >= 11 is 0. The molecule has 1 heterocycles. The fourth-order valence-electron chi connectivity index (χ4n) is 2.47. The van der Waals surface area contributed by atoms with Crippen molar-refractivity contribution < 1.29 is 14.6 Å². The monoisotopic (exact) mass is 293 g/mol. The van der Waals surface area contributed by atoms with E-state index in [1.807, 2.05) is 32.0 Å². The first-order chi connectivity index (χ1) is 9.93. The molecule has 3 N–H and O–H groups in total. The van der Waals surface area contributed by atoms with Gasteiger partial charge >= 0.3 is 0 Å². The molecule has 1 aliphatic rings. The highest BCUT2D eigenvalue weighted by atomic mass is 16.5. The van der Waals surface area contributed by atoms with Gasteiger partial charge in [0.15, 0.2) is 0 Å². The van der Waals surface area contributed by atoms with Crippen LogP contribution in [0.15, 0.2) is 18.2 Å². The highest BCUT2D eigenvalue weighted by molar-refractivity contribution is 5.96. The number of aliphatic hydroxyl groups is 1. The van der Waals surface area contributed by atoms with Gasteiger partial charge in [-0.05, 0) is 25.1 Å². The van der Waals surface area contributed by atoms with Crippen LogP contribution in [0, 0.1) is 0 Å². The number of ether oxygens (including phenoxy) is 1. The Morgan fingerprint density at radius 2 is 2.24 bits per heavy atom. The molecular formula is C15H23N3O3. The number of morpholine rings is 1. The second kappa shape index (κ2) is 6.32. The maximum Gasteiger partial charge on any atom is 0.254 e. The molecule has 2 rings (SSSR count). The molecule has 1 saturated heterocycles. The van der Waals surface area contributed by atoms with Crippen molar-refractivity contribution in [2.45, 2.75) is 19.1 Å². The molecule has 2 atom stereocenters. The van der Waals surface area contributed by atoms with Gasteiger partial charge in [-0.25, -0.2) is 0 Å². The summed E-state index contributed by atoms with van der Waals surface area (Å²) in [6, 6.07) is 5.31. The van der Waals surface area contributed by atoms with Crippen molar-refractivity contribution in [1.82, 2.24) is 4.90 Å². The average Bonchev–Trinajstić information content (AvgIpc) is 2.46. The van der Waals surface area contributed by atoms with E-state index in [0.717, 1.165) is 5.69 Å². The zero-order chi connectivity index (χ0) is 15.6. The van der Waals surface area contributed by atoms with Crippen LogP contribution < -0.4 is 10.6 Å². The normalized spacial score (nSPS) is 22.2. The van der Waals surface area contributed by atoms with E-state index in [-0.39, 0.29) is 24.7 Å². The van der Waals surface area contributed by atoms with Gasteiger partial charge in [0.05, 0.1) is 36.7 Å². The van der Waals surface area contributed by atoms with Crippen molar-refractivity contribution in [3.8, 4) is 0 Å². The number of nitrogen functional groups attached to an aromatic ring is 1. The van der Waals surface area contributed by atoms with Crippen molar-refractivity contribution in [3.63, 3.8) is 0 Å². The lowest BCUT2D eigenvalue weighted by molar-refractivity contribution is -0.0667. The van der Waals surface area contributed by atoms with Gasteiger partial charge in [0, 0.05) is 26.2 Å². The van der Waals surface area contributed by atoms with Crippen LogP contribution in [0.3, 0.4) is 0 Å². The summed E-state index contributed by atoms with van der Waals surface area (Å²) in [5.74, 6) is -0.0822. The standard InChI is InChI=1S/C15H23N3O3/c1-10-9-21-12(8-19)7-18(10)15(20)11-4-5-14(17(2)3)13(16)6-11/h4-6,10,12,19H,7-9,16H2,1-3H3. The SMILES string of the molecule is CC1COC(CO)CN1C(=O)c1ccc(N(C)C)c(N)c1. The number of hydrogen-bond acceptors (Lipinski definition) is 5. The van der Waals surface area contributed by atoms with Crippen LogP contribution in [0.25, 0.3) is 0 Å². The third-order valence-electron chi connectivity index (χ3n) is 3.73. The number of carbonyl (C=O) groups is 1. The minimum Gasteiger partial charge on any atom is -0.397 e. The van der Waals surface area contributed by atoms with Gasteiger partial charge in [-0.3, -0.25) is 4.79 Å². The van der Waals surface area contributed by atoms with E-state index in [1.54, 1.807) is 17.0 Å². The largest absolute Gasteiger partial charge is 0.397 e. The number of nitrogens with two attached hydrogens (primary N) is 1. The van der Waals surface area contributed by atoms with E-state index >= 15 is 0 Å². The Bertz CT molecular complexity index is 519. The number of rotatable bonds is 3. The topological polar surface area (TPSA) is 79.0 Å². The molecule has 2 unspecified atom stereocenters. The second-order valence-electron chi connectivity index (χ2n) is 5.61. The Morgan fingerprint density at radius 3 is 2.81 bits per heavy atom. The number of anilines is 2. The van der Waals surface area contributed by atoms with E-state index in [0.29, 0.717) is 24.4 Å². The Morgan fingerprint density at radius 1 is 1.52 bits per heavy atom. The van der Waals surface area contributed by atoms with Crippen molar-refractivity contribution in [2.24, 2.45) is 0 Å². The fraction of sp³-hybridized carbons (Fsp3) is 0.533. The lowest BCUT2D eigenvalue weighted by Gasteiger charge is -2.37. The molecule has 0 spiro atoms. The number of hydrogen-bond donors (Lipinski definition) is 2. The van der Waals surface area contributed by atoms with Gasteiger partial charge in [0.2, 0.25) is 0 Å². The van der Waals surface area contributed by atoms with Gasteiger partial charge in [-0.2, -0.15) is 0 Å². The first kappa shape index (κ1) is 15.6. The zero-order valence-corrected chi connectivity index (χ0v) is 12.7. The lowest BCUT2D eigenvalue weighted by Crippen LogP contribution is -2.52. The van der Waals surface area contributed by atoms with Crippen LogP contribution >= 0.6 is 0 Å². The fourth-order valence-corrected chi connectivity index (χ4v) is 2.47. The minimum absolute atomic E-state index is 0.0185. The van der Waals surface area contributed by atoms with Crippen LogP contribution in [0.1, 0.15) is 17.3 Å². The molecule has 1 aliphatic heterocycles. The van der Waals surface area contributed by atoms with E-state index in [1.165, 1.54) is 0 Å². The third kappa shape index (κ3) is 3.28. The average molecular weight is 293 g/mol. The Labute approximate surface area is 125 Å². The molecule has 0 bridgehead atoms. The van der Waals surface area contributed by atoms with E-state index in [4.69, 9.17) is 10.5 Å². The number of carbonyl (C=O) groups excluding carboxylic acids is 1. The van der Waals surface area contributed by atoms with Crippen LogP contribution in [0.5, 0.6) is 0 Å². The molecule has 1 aromatic carbocycles. The van der Waals surface area contributed by atoms with E-state index < -0.39 is 0 Å². The molecule has 1 aromatic rings. The molecule has 6 nitrogen and oxygen atoms in total. The summed E-state index contributed by atoms with van der Waals surface area (Å²) in [5.41, 5.74) is 8.02. The van der Waals surface area contributed by atoms with Gasteiger partial charge < -0.3 is 25.4 Å². The summed E-state index contributed by atoms with van der Waals surface area (Å²) in [4.78, 5) is 16.3. The first-order valence-corrected chi connectivity index (χ1v) is 7.04. The quantitative estimate of drug-likeness (QED) is 0.796. The summed E-state index contributed by atoms with van der Waals surface area (Å²) < 4.78 is 5.45. The molecule has 1 amide bonds. The first-order valence-electron chi connectivity index (χ1n) is 7.04. The zero-order valence-electron chi connectivity index (χ0n) is 12.7. The Hall–Kier alpha value is -1.79. The number of nitrogens with zero attached hydrogens (tertiary/aromatic N) is 2. The molecule has 116 valence electrons. The molecule has 6 heteroatoms. The highest BCUT2D eigenvalue weighted by Crippen LogP contribution is 2.24. The Kier molecular flexibility index (Phi) is 4.69. The highest BCUT2D eigenvalue weighted by Gasteiger charge is 2.30. The minimum atomic E-state index is -0.316. The third-order valence-corrected chi connectivity index (χ3v) is 3.73. The van der Waals surface area contributed by atoms with E-state index in [2.05, 4.69) is 0 Å². The predicted octanol–water partition coefficient (Wildman–Crippen LogP) is 0.557. The molecule has 0 saturated carbocycles. The molecule has 21 heavy (non-hydrogen) atoms. The van der Waals surface area contributed by atoms with Crippen LogP contribution in [0.4, 0.5) is 11.4 Å². The van der Waals surface area contributed by atoms with Crippen LogP contribution in [-0.2, 0) is 4.74 Å². The van der Waals surface area contributed by atoms with Gasteiger partial charge in [0.25, 0.3) is 5.91 Å². The van der Waals surface area contributed by atoms with Crippen molar-refractivity contribution >= 4 is 17.3 Å². The summed E-state index contributed by atoms with van der Waals surface area (Å²) in [6.07, 6.45) is -0.316. The predicted molar refractivity (Wildman–Crippen MR) is 82.5 cm³/mol. The number of aliphatic hydroxyl groups excluding tert-OH is 1. The summed E-state index contributed by atoms with van der Waals surface area (Å²) in [5, 5.41) is 9.20. The lowest BCUT2D eigenvalue weighted by atomic mass is 10.1. The van der Waals surface area contributed by atoms with Crippen molar-refractivity contribution in [3.05, 3.63) is 23.8 Å². The Balaban J connectivity index is 2.21. The number of amides is 1. The van der Waals surface area contributed by atoms with Gasteiger partial charge in [-0.15, -0.1) is 0 Å². The van der Waals surface area contributed by atoms with Crippen molar-refractivity contribution in [1.29, 1.82) is 0 Å². The van der Waals surface area contributed by atoms with Crippen molar-refractivity contribution in [2.75, 3.05) is 44.5 Å². The van der Waals surface area contributed by atoms with Crippen LogP contribution in [0.2, 0.25) is 0 Å². The molecule has 0 aliphatic carbocycles. The maximum absolute atomic E-state index is 12.6. The molecule has 1 fully saturated rings. The van der Waals surface area contributed by atoms with E-state index in [9.17, 15) is 9.90 Å². The summed E-state index contributed by atoms with van der Waals surface area (Å²) in [7, 11) is 3.81. The maximum atomic E-state index is 12.6. The molecule has 0 aromatic heterocycles. The van der Waals surface area contributed by atoms with Gasteiger partial charge in [0.1, 0.15) is 0 Å². The second-order valence-corrected chi connectivity index (χ2v) is 5.61. The number of benzene rings is 1. The molecular weight excluding hydrogens is 270 g/mol. The van der Waals surface area contributed by atoms with Crippen LogP contribution in [-0.4, -0.2) is 61.9 Å². The van der Waals surface area contributed by atoms with Gasteiger partial charge in [-0.1, -0.05) is 0 Å². The smallest absolute Gasteiger partial charge is 0.254 e.